The lowest BCUT2D eigenvalue weighted by Crippen LogP contribution is -2.23. The first-order valence-electron chi connectivity index (χ1n) is 5.48. The molecule has 2 rings (SSSR count). The Morgan fingerprint density at radius 3 is 2.75 bits per heavy atom. The molecule has 4 heteroatoms. The molecule has 1 saturated heterocycles. The van der Waals surface area contributed by atoms with Crippen molar-refractivity contribution in [1.29, 1.82) is 0 Å². The number of rotatable bonds is 2. The number of carboxylic acids is 1. The minimum atomic E-state index is -0.706. The molecule has 1 fully saturated rings. The van der Waals surface area contributed by atoms with Crippen LogP contribution in [0.5, 0.6) is 0 Å². The van der Waals surface area contributed by atoms with E-state index < -0.39 is 5.97 Å². The molecule has 0 bridgehead atoms. The van der Waals surface area contributed by atoms with Gasteiger partial charge in [0.2, 0.25) is 0 Å². The van der Waals surface area contributed by atoms with Gasteiger partial charge in [-0.1, -0.05) is 13.0 Å². The summed E-state index contributed by atoms with van der Waals surface area (Å²) in [6, 6.07) is 3.95. The zero-order valence-electron chi connectivity index (χ0n) is 9.55. The van der Waals surface area contributed by atoms with Gasteiger partial charge in [-0.05, 0) is 24.5 Å². The predicted octanol–water partition coefficient (Wildman–Crippen LogP) is 1.55. The summed E-state index contributed by atoms with van der Waals surface area (Å²) in [5.41, 5.74) is 1.12. The van der Waals surface area contributed by atoms with E-state index in [1.165, 1.54) is 0 Å². The van der Waals surface area contributed by atoms with Gasteiger partial charge in [0.1, 0.15) is 5.82 Å². The molecule has 86 valence electrons. The Morgan fingerprint density at radius 2 is 2.25 bits per heavy atom. The van der Waals surface area contributed by atoms with Gasteiger partial charge in [0, 0.05) is 19.3 Å². The van der Waals surface area contributed by atoms with Gasteiger partial charge < -0.3 is 10.0 Å². The minimum Gasteiger partial charge on any atom is -0.481 e. The first kappa shape index (κ1) is 10.9. The number of anilines is 1. The minimum absolute atomic E-state index is 0.181. The van der Waals surface area contributed by atoms with Crippen LogP contribution >= 0.6 is 0 Å². The smallest absolute Gasteiger partial charge is 0.308 e. The summed E-state index contributed by atoms with van der Waals surface area (Å²) in [7, 11) is 0. The zero-order valence-corrected chi connectivity index (χ0v) is 9.55. The normalized spacial score (nSPS) is 24.8. The number of aliphatic carboxylic acids is 1. The maximum atomic E-state index is 11.0. The van der Waals surface area contributed by atoms with Crippen LogP contribution in [0.15, 0.2) is 18.3 Å². The fraction of sp³-hybridized carbons (Fsp3) is 0.500. The molecule has 0 aliphatic carbocycles. The Hall–Kier alpha value is -1.58. The van der Waals surface area contributed by atoms with Crippen LogP contribution in [0.2, 0.25) is 0 Å². The van der Waals surface area contributed by atoms with Crippen molar-refractivity contribution in [3.05, 3.63) is 23.9 Å². The molecule has 1 aliphatic rings. The summed E-state index contributed by atoms with van der Waals surface area (Å²) >= 11 is 0. The molecule has 1 aromatic rings. The number of aryl methyl sites for hydroxylation is 1. The Labute approximate surface area is 94.9 Å². The topological polar surface area (TPSA) is 53.4 Å². The van der Waals surface area contributed by atoms with Crippen molar-refractivity contribution >= 4 is 11.8 Å². The monoisotopic (exact) mass is 220 g/mol. The van der Waals surface area contributed by atoms with Gasteiger partial charge in [-0.2, -0.15) is 0 Å². The van der Waals surface area contributed by atoms with E-state index >= 15 is 0 Å². The first-order chi connectivity index (χ1) is 7.58. The Balaban J connectivity index is 2.13. The van der Waals surface area contributed by atoms with E-state index in [0.717, 1.165) is 17.9 Å². The van der Waals surface area contributed by atoms with Gasteiger partial charge in [0.05, 0.1) is 5.92 Å². The fourth-order valence-electron chi connectivity index (χ4n) is 2.12. The second-order valence-corrected chi connectivity index (χ2v) is 4.52. The molecule has 0 unspecified atom stereocenters. The largest absolute Gasteiger partial charge is 0.481 e. The average molecular weight is 220 g/mol. The summed E-state index contributed by atoms with van der Waals surface area (Å²) in [4.78, 5) is 17.4. The first-order valence-corrected chi connectivity index (χ1v) is 5.48. The van der Waals surface area contributed by atoms with Crippen molar-refractivity contribution in [2.24, 2.45) is 11.8 Å². The van der Waals surface area contributed by atoms with Crippen LogP contribution < -0.4 is 4.90 Å². The highest BCUT2D eigenvalue weighted by Crippen LogP contribution is 2.26. The molecule has 0 spiro atoms. The third kappa shape index (κ3) is 2.01. The number of carboxylic acid groups (broad SMARTS) is 1. The van der Waals surface area contributed by atoms with Crippen molar-refractivity contribution < 1.29 is 9.90 Å². The molecule has 1 N–H and O–H groups in total. The summed E-state index contributed by atoms with van der Waals surface area (Å²) in [5.74, 6) is 0.0759. The van der Waals surface area contributed by atoms with Crippen molar-refractivity contribution in [3.8, 4) is 0 Å². The Kier molecular flexibility index (Phi) is 2.81. The lowest BCUT2D eigenvalue weighted by Gasteiger charge is -2.16. The Morgan fingerprint density at radius 1 is 1.50 bits per heavy atom. The molecule has 0 saturated carbocycles. The summed E-state index contributed by atoms with van der Waals surface area (Å²) in [5, 5.41) is 9.05. The van der Waals surface area contributed by atoms with Gasteiger partial charge in [-0.3, -0.25) is 4.79 Å². The van der Waals surface area contributed by atoms with Gasteiger partial charge >= 0.3 is 5.97 Å². The van der Waals surface area contributed by atoms with Crippen molar-refractivity contribution in [3.63, 3.8) is 0 Å². The van der Waals surface area contributed by atoms with Gasteiger partial charge in [0.15, 0.2) is 0 Å². The van der Waals surface area contributed by atoms with Crippen LogP contribution in [-0.2, 0) is 4.79 Å². The SMILES string of the molecule is Cc1ccc(N2C[C@@H](C)[C@H](C(=O)O)C2)nc1. The highest BCUT2D eigenvalue weighted by atomic mass is 16.4. The van der Waals surface area contributed by atoms with Crippen LogP contribution in [0.25, 0.3) is 0 Å². The van der Waals surface area contributed by atoms with E-state index in [2.05, 4.69) is 4.98 Å². The lowest BCUT2D eigenvalue weighted by molar-refractivity contribution is -0.142. The van der Waals surface area contributed by atoms with E-state index in [1.807, 2.05) is 37.1 Å². The second kappa shape index (κ2) is 4.12. The van der Waals surface area contributed by atoms with Gasteiger partial charge in [-0.25, -0.2) is 4.98 Å². The number of hydrogen-bond acceptors (Lipinski definition) is 3. The Bertz CT molecular complexity index is 389. The van der Waals surface area contributed by atoms with Crippen LogP contribution in [0.1, 0.15) is 12.5 Å². The third-order valence-corrected chi connectivity index (χ3v) is 3.15. The molecular formula is C12H16N2O2. The standard InChI is InChI=1S/C12H16N2O2/c1-8-3-4-11(13-5-8)14-6-9(2)10(7-14)12(15)16/h3-5,9-10H,6-7H2,1-2H3,(H,15,16)/t9-,10-/m1/s1. The molecule has 4 nitrogen and oxygen atoms in total. The van der Waals surface area contributed by atoms with E-state index in [9.17, 15) is 4.79 Å². The van der Waals surface area contributed by atoms with Crippen molar-refractivity contribution in [2.45, 2.75) is 13.8 Å². The molecule has 0 amide bonds. The average Bonchev–Trinajstić information content (AvgIpc) is 2.61. The van der Waals surface area contributed by atoms with Crippen LogP contribution in [-0.4, -0.2) is 29.1 Å². The van der Waals surface area contributed by atoms with E-state index in [4.69, 9.17) is 5.11 Å². The molecular weight excluding hydrogens is 204 g/mol. The quantitative estimate of drug-likeness (QED) is 0.821. The molecule has 2 heterocycles. The highest BCUT2D eigenvalue weighted by molar-refractivity contribution is 5.72. The molecule has 2 atom stereocenters. The maximum Gasteiger partial charge on any atom is 0.308 e. The second-order valence-electron chi connectivity index (χ2n) is 4.52. The highest BCUT2D eigenvalue weighted by Gasteiger charge is 2.35. The van der Waals surface area contributed by atoms with E-state index in [0.29, 0.717) is 6.54 Å². The molecule has 1 aromatic heterocycles. The van der Waals surface area contributed by atoms with Crippen LogP contribution in [0.3, 0.4) is 0 Å². The van der Waals surface area contributed by atoms with Crippen molar-refractivity contribution in [2.75, 3.05) is 18.0 Å². The van der Waals surface area contributed by atoms with E-state index in [1.54, 1.807) is 0 Å². The van der Waals surface area contributed by atoms with Crippen molar-refractivity contribution in [1.82, 2.24) is 4.98 Å². The number of nitrogens with zero attached hydrogens (tertiary/aromatic N) is 2. The maximum absolute atomic E-state index is 11.0. The summed E-state index contributed by atoms with van der Waals surface area (Å²) in [6.07, 6.45) is 1.81. The molecule has 16 heavy (non-hydrogen) atoms. The van der Waals surface area contributed by atoms with Gasteiger partial charge in [-0.15, -0.1) is 0 Å². The number of carbonyl (C=O) groups is 1. The van der Waals surface area contributed by atoms with Crippen LogP contribution in [0, 0.1) is 18.8 Å². The van der Waals surface area contributed by atoms with Gasteiger partial charge in [0.25, 0.3) is 0 Å². The molecule has 0 aromatic carbocycles. The lowest BCUT2D eigenvalue weighted by atomic mass is 9.99. The predicted molar refractivity (Wildman–Crippen MR) is 61.5 cm³/mol. The fourth-order valence-corrected chi connectivity index (χ4v) is 2.12. The summed E-state index contributed by atoms with van der Waals surface area (Å²) in [6.45, 7) is 5.30. The number of aromatic nitrogens is 1. The van der Waals surface area contributed by atoms with Crippen LogP contribution in [0.4, 0.5) is 5.82 Å². The number of hydrogen-bond donors (Lipinski definition) is 1. The molecule has 1 aliphatic heterocycles. The molecule has 0 radical (unpaired) electrons. The third-order valence-electron chi connectivity index (χ3n) is 3.15. The summed E-state index contributed by atoms with van der Waals surface area (Å²) < 4.78 is 0. The zero-order chi connectivity index (χ0) is 11.7. The van der Waals surface area contributed by atoms with E-state index in [-0.39, 0.29) is 11.8 Å². The number of pyridine rings is 1.